The Kier molecular flexibility index (Phi) is 2.11. The van der Waals surface area contributed by atoms with E-state index in [0.29, 0.717) is 11.0 Å². The first-order chi connectivity index (χ1) is 7.34. The molecule has 0 amide bonds. The molecule has 1 nitrogen and oxygen atoms in total. The van der Waals surface area contributed by atoms with Gasteiger partial charge in [-0.15, -0.1) is 0 Å². The maximum atomic E-state index is 2.89. The van der Waals surface area contributed by atoms with Crippen LogP contribution in [0.15, 0.2) is 0 Å². The summed E-state index contributed by atoms with van der Waals surface area (Å²) >= 11 is 0. The van der Waals surface area contributed by atoms with Gasteiger partial charge in [0, 0.05) is 18.1 Å². The molecule has 3 fully saturated rings. The highest BCUT2D eigenvalue weighted by Crippen LogP contribution is 2.63. The van der Waals surface area contributed by atoms with Gasteiger partial charge in [0.25, 0.3) is 0 Å². The van der Waals surface area contributed by atoms with Crippen LogP contribution in [-0.4, -0.2) is 23.0 Å². The van der Waals surface area contributed by atoms with Gasteiger partial charge in [-0.05, 0) is 56.3 Å². The Hall–Kier alpha value is -0.0400. The average Bonchev–Trinajstić information content (AvgIpc) is 2.70. The molecule has 3 aliphatic rings. The van der Waals surface area contributed by atoms with Gasteiger partial charge in [0.2, 0.25) is 0 Å². The van der Waals surface area contributed by atoms with E-state index in [-0.39, 0.29) is 0 Å². The molecule has 0 N–H and O–H groups in total. The molecule has 3 rings (SSSR count). The lowest BCUT2D eigenvalue weighted by molar-refractivity contribution is 0.106. The van der Waals surface area contributed by atoms with Gasteiger partial charge >= 0.3 is 0 Å². The molecular weight excluding hydrogens is 194 g/mol. The van der Waals surface area contributed by atoms with Crippen LogP contribution in [0.1, 0.15) is 66.2 Å². The van der Waals surface area contributed by atoms with Crippen LogP contribution in [0.25, 0.3) is 0 Å². The molecule has 2 saturated heterocycles. The fourth-order valence-electron chi connectivity index (χ4n) is 4.62. The third kappa shape index (κ3) is 1.63. The Balaban J connectivity index is 1.85. The molecule has 0 aromatic heterocycles. The van der Waals surface area contributed by atoms with Crippen LogP contribution in [-0.2, 0) is 0 Å². The van der Waals surface area contributed by atoms with Gasteiger partial charge in [-0.25, -0.2) is 0 Å². The molecule has 0 aromatic carbocycles. The van der Waals surface area contributed by atoms with Gasteiger partial charge in [-0.2, -0.15) is 0 Å². The number of nitrogens with zero attached hydrogens (tertiary/aromatic N) is 1. The Morgan fingerprint density at radius 2 is 1.88 bits per heavy atom. The first-order valence-electron chi connectivity index (χ1n) is 7.11. The van der Waals surface area contributed by atoms with E-state index in [4.69, 9.17) is 0 Å². The third-order valence-corrected chi connectivity index (χ3v) is 5.20. The lowest BCUT2D eigenvalue weighted by atomic mass is 9.76. The molecule has 2 unspecified atom stereocenters. The van der Waals surface area contributed by atoms with Crippen LogP contribution in [0.4, 0.5) is 0 Å². The SMILES string of the molecule is CC1CCC2(CC(C)(C)C)CC3(CC3)CN12. The minimum atomic E-state index is 0.489. The Morgan fingerprint density at radius 3 is 2.44 bits per heavy atom. The van der Waals surface area contributed by atoms with E-state index in [1.165, 1.54) is 45.1 Å². The molecule has 0 bridgehead atoms. The van der Waals surface area contributed by atoms with E-state index in [9.17, 15) is 0 Å². The lowest BCUT2D eigenvalue weighted by Gasteiger charge is -2.39. The second-order valence-electron chi connectivity index (χ2n) is 8.15. The summed E-state index contributed by atoms with van der Waals surface area (Å²) in [5.74, 6) is 0. The first kappa shape index (κ1) is 11.1. The summed E-state index contributed by atoms with van der Waals surface area (Å²) in [5.41, 5.74) is 1.86. The smallest absolute Gasteiger partial charge is 0.0224 e. The molecule has 92 valence electrons. The summed E-state index contributed by atoms with van der Waals surface area (Å²) < 4.78 is 0. The highest BCUT2D eigenvalue weighted by atomic mass is 15.3. The van der Waals surface area contributed by atoms with Crippen molar-refractivity contribution in [3.05, 3.63) is 0 Å². The highest BCUT2D eigenvalue weighted by molar-refractivity contribution is 5.16. The molecular formula is C15H27N. The second kappa shape index (κ2) is 3.04. The first-order valence-corrected chi connectivity index (χ1v) is 7.11. The van der Waals surface area contributed by atoms with Crippen molar-refractivity contribution >= 4 is 0 Å². The van der Waals surface area contributed by atoms with Crippen molar-refractivity contribution in [1.82, 2.24) is 4.90 Å². The molecule has 2 aliphatic heterocycles. The zero-order chi connectivity index (χ0) is 11.6. The van der Waals surface area contributed by atoms with Crippen molar-refractivity contribution in [2.45, 2.75) is 77.8 Å². The van der Waals surface area contributed by atoms with Crippen LogP contribution in [0, 0.1) is 10.8 Å². The molecule has 16 heavy (non-hydrogen) atoms. The lowest BCUT2D eigenvalue weighted by Crippen LogP contribution is -2.43. The normalized spacial score (nSPS) is 41.6. The van der Waals surface area contributed by atoms with E-state index in [0.717, 1.165) is 11.5 Å². The molecule has 1 saturated carbocycles. The van der Waals surface area contributed by atoms with Gasteiger partial charge in [-0.1, -0.05) is 20.8 Å². The highest BCUT2D eigenvalue weighted by Gasteiger charge is 2.61. The van der Waals surface area contributed by atoms with Crippen molar-refractivity contribution in [2.75, 3.05) is 6.54 Å². The summed E-state index contributed by atoms with van der Waals surface area (Å²) in [7, 11) is 0. The zero-order valence-corrected chi connectivity index (χ0v) is 11.5. The molecule has 1 aliphatic carbocycles. The van der Waals surface area contributed by atoms with Crippen LogP contribution in [0.3, 0.4) is 0 Å². The minimum Gasteiger partial charge on any atom is -0.294 e. The van der Waals surface area contributed by atoms with Crippen molar-refractivity contribution in [1.29, 1.82) is 0 Å². The van der Waals surface area contributed by atoms with Crippen LogP contribution in [0.5, 0.6) is 0 Å². The van der Waals surface area contributed by atoms with Gasteiger partial charge in [-0.3, -0.25) is 4.90 Å². The van der Waals surface area contributed by atoms with Crippen LogP contribution < -0.4 is 0 Å². The monoisotopic (exact) mass is 221 g/mol. The summed E-state index contributed by atoms with van der Waals surface area (Å²) in [6.07, 6.45) is 8.86. The van der Waals surface area contributed by atoms with Crippen molar-refractivity contribution in [3.8, 4) is 0 Å². The fraction of sp³-hybridized carbons (Fsp3) is 1.00. The number of hydrogen-bond donors (Lipinski definition) is 0. The predicted molar refractivity (Wildman–Crippen MR) is 68.5 cm³/mol. The molecule has 2 atom stereocenters. The van der Waals surface area contributed by atoms with Crippen molar-refractivity contribution in [2.24, 2.45) is 10.8 Å². The summed E-state index contributed by atoms with van der Waals surface area (Å²) in [5, 5.41) is 0. The predicted octanol–water partition coefficient (Wildman–Crippen LogP) is 3.83. The largest absolute Gasteiger partial charge is 0.294 e. The maximum absolute atomic E-state index is 2.89. The molecule has 2 heterocycles. The van der Waals surface area contributed by atoms with Crippen molar-refractivity contribution < 1.29 is 0 Å². The Labute approximate surface area is 101 Å². The average molecular weight is 221 g/mol. The number of hydrogen-bond acceptors (Lipinski definition) is 1. The van der Waals surface area contributed by atoms with Crippen LogP contribution in [0.2, 0.25) is 0 Å². The Bertz CT molecular complexity index is 297. The van der Waals surface area contributed by atoms with Gasteiger partial charge < -0.3 is 0 Å². The fourth-order valence-corrected chi connectivity index (χ4v) is 4.62. The maximum Gasteiger partial charge on any atom is 0.0224 e. The molecule has 1 heteroatoms. The van der Waals surface area contributed by atoms with E-state index in [1.54, 1.807) is 0 Å². The van der Waals surface area contributed by atoms with E-state index in [2.05, 4.69) is 32.6 Å². The molecule has 1 spiro atoms. The van der Waals surface area contributed by atoms with Gasteiger partial charge in [0.1, 0.15) is 0 Å². The standard InChI is InChI=1S/C15H27N/c1-12-5-6-15(9-13(2,3)4)10-14(7-8-14)11-16(12)15/h12H,5-11H2,1-4H3. The number of rotatable bonds is 1. The van der Waals surface area contributed by atoms with Crippen molar-refractivity contribution in [3.63, 3.8) is 0 Å². The second-order valence-corrected chi connectivity index (χ2v) is 8.15. The van der Waals surface area contributed by atoms with E-state index in [1.807, 2.05) is 0 Å². The van der Waals surface area contributed by atoms with Gasteiger partial charge in [0.05, 0.1) is 0 Å². The van der Waals surface area contributed by atoms with Crippen LogP contribution >= 0.6 is 0 Å². The van der Waals surface area contributed by atoms with E-state index >= 15 is 0 Å². The third-order valence-electron chi connectivity index (χ3n) is 5.20. The van der Waals surface area contributed by atoms with Gasteiger partial charge in [0.15, 0.2) is 0 Å². The number of fused-ring (bicyclic) bond motifs is 1. The minimum absolute atomic E-state index is 0.489. The Morgan fingerprint density at radius 1 is 1.19 bits per heavy atom. The summed E-state index contributed by atoms with van der Waals surface area (Å²) in [6, 6.07) is 0.849. The quantitative estimate of drug-likeness (QED) is 0.650. The molecule has 0 radical (unpaired) electrons. The molecule has 0 aromatic rings. The van der Waals surface area contributed by atoms with E-state index < -0.39 is 0 Å². The summed E-state index contributed by atoms with van der Waals surface area (Å²) in [4.78, 5) is 2.89. The topological polar surface area (TPSA) is 3.24 Å². The zero-order valence-electron chi connectivity index (χ0n) is 11.5. The summed E-state index contributed by atoms with van der Waals surface area (Å²) in [6.45, 7) is 11.1.